The molecule has 11 heavy (non-hydrogen) atoms. The first-order chi connectivity index (χ1) is 2.00. The second-order valence-electron chi connectivity index (χ2n) is 0.378. The molecule has 0 atom stereocenters. The monoisotopic (exact) mass is 440 g/mol. The molecule has 0 aliphatic heterocycles. The van der Waals surface area contributed by atoms with Crippen LogP contribution in [0.3, 0.4) is 0 Å². The van der Waals surface area contributed by atoms with E-state index in [0.717, 1.165) is 0 Å². The Morgan fingerprint density at radius 2 is 0.727 bits per heavy atom. The molecule has 0 rings (SSSR count). The fourth-order valence-electron chi connectivity index (χ4n) is 0. The van der Waals surface area contributed by atoms with Gasteiger partial charge in [0.2, 0.25) is 0 Å². The zero-order valence-corrected chi connectivity index (χ0v) is 10.2. The zero-order chi connectivity index (χ0) is 4.50. The molecule has 5 nitrogen and oxygen atoms in total. The van der Waals surface area contributed by atoms with Crippen LogP contribution in [0.15, 0.2) is 0 Å². The molecule has 0 aromatic heterocycles. The molecule has 0 aromatic rings. The van der Waals surface area contributed by atoms with Crippen LogP contribution >= 0.6 is 0 Å². The van der Waals surface area contributed by atoms with Crippen LogP contribution in [0.25, 0.3) is 0 Å². The molecule has 0 amide bonds. The maximum Gasteiger partial charge on any atom is 4.00 e. The molecular formula is H3Cl3INaO5Ru. The summed E-state index contributed by atoms with van der Waals surface area (Å²) in [7, 11) is 0. The van der Waals surface area contributed by atoms with Gasteiger partial charge in [0.1, 0.15) is 20.1 Å². The third-order valence-electron chi connectivity index (χ3n) is 0. The van der Waals surface area contributed by atoms with Gasteiger partial charge in [-0.2, -0.15) is 0 Å². The molecule has 0 spiro atoms. The van der Waals surface area contributed by atoms with Gasteiger partial charge in [-0.05, 0) is 0 Å². The van der Waals surface area contributed by atoms with Crippen molar-refractivity contribution in [3.63, 3.8) is 0 Å². The molecular weight excluding hydrogens is 437 g/mol. The van der Waals surface area contributed by atoms with E-state index < -0.39 is 20.1 Å². The molecule has 11 heteroatoms. The average molecular weight is 440 g/mol. The molecule has 0 aliphatic rings. The predicted molar refractivity (Wildman–Crippen MR) is 10.8 cm³/mol. The summed E-state index contributed by atoms with van der Waals surface area (Å²) in [6, 6.07) is 0. The Labute approximate surface area is 124 Å². The van der Waals surface area contributed by atoms with Crippen molar-refractivity contribution in [1.29, 1.82) is 0 Å². The molecule has 70 valence electrons. The van der Waals surface area contributed by atoms with E-state index in [9.17, 15) is 0 Å². The number of hydrogen-bond donors (Lipinski definition) is 0. The SMILES string of the molecule is O.[Cl-].[Cl-].[Cl-].[NaH].[O-][I+3]([O-])([O-])[O-].[Ru+4]. The Morgan fingerprint density at radius 3 is 0.727 bits per heavy atom. The zero-order valence-electron chi connectivity index (χ0n) is 4.00. The van der Waals surface area contributed by atoms with Crippen molar-refractivity contribution in [1.82, 2.24) is 0 Å². The standard InChI is InChI=1S/3ClH.IO4.Na.H2O.Ru.H/c;;;2-1(3,4)5;;;;/h3*1H;;;1H2;;/q;;;-1;;;+4;/p-3. The summed E-state index contributed by atoms with van der Waals surface area (Å²) in [5.74, 6) is 0. The smallest absolute Gasteiger partial charge is 0.286 e. The van der Waals surface area contributed by atoms with Crippen LogP contribution in [-0.4, -0.2) is 35.0 Å². The van der Waals surface area contributed by atoms with Gasteiger partial charge in [0.05, 0.1) is 0 Å². The van der Waals surface area contributed by atoms with Crippen molar-refractivity contribution >= 4 is 29.6 Å². The Kier molecular flexibility index (Phi) is 101. The Morgan fingerprint density at radius 1 is 0.727 bits per heavy atom. The van der Waals surface area contributed by atoms with E-state index in [1.807, 2.05) is 0 Å². The molecule has 2 N–H and O–H groups in total. The molecule has 0 bridgehead atoms. The average Bonchev–Trinajstić information content (AvgIpc) is 0.722. The maximum atomic E-state index is 8.62. The van der Waals surface area contributed by atoms with Gasteiger partial charge < -0.3 is 42.7 Å². The summed E-state index contributed by atoms with van der Waals surface area (Å²) in [5, 5.41) is 0. The quantitative estimate of drug-likeness (QED) is 0.274. The van der Waals surface area contributed by atoms with E-state index in [1.54, 1.807) is 0 Å². The van der Waals surface area contributed by atoms with Crippen molar-refractivity contribution in [2.75, 3.05) is 0 Å². The van der Waals surface area contributed by atoms with E-state index in [4.69, 9.17) is 13.7 Å². The van der Waals surface area contributed by atoms with Crippen LogP contribution in [0.5, 0.6) is 0 Å². The van der Waals surface area contributed by atoms with E-state index in [1.165, 1.54) is 0 Å². The summed E-state index contributed by atoms with van der Waals surface area (Å²) in [4.78, 5) is 0. The van der Waals surface area contributed by atoms with Crippen LogP contribution in [0.4, 0.5) is 0 Å². The normalized spacial score (nSPS) is 5.45. The van der Waals surface area contributed by atoms with Gasteiger partial charge in [-0.3, -0.25) is 13.7 Å². The van der Waals surface area contributed by atoms with E-state index >= 15 is 0 Å². The molecule has 0 unspecified atom stereocenters. The Balaban J connectivity index is -0.00000000533. The van der Waals surface area contributed by atoms with Crippen molar-refractivity contribution in [2.45, 2.75) is 0 Å². The minimum Gasteiger partial charge on any atom is -0.286 e. The second-order valence-corrected chi connectivity index (χ2v) is 2.54. The third kappa shape index (κ3) is 173. The van der Waals surface area contributed by atoms with Crippen LogP contribution in [0.1, 0.15) is 0 Å². The van der Waals surface area contributed by atoms with Gasteiger partial charge >= 0.3 is 49.0 Å². The third-order valence-corrected chi connectivity index (χ3v) is 0. The van der Waals surface area contributed by atoms with E-state index in [-0.39, 0.29) is 91.7 Å². The fraction of sp³-hybridized carbons (Fsp3) is 0. The van der Waals surface area contributed by atoms with Gasteiger partial charge in [0.25, 0.3) is 0 Å². The number of halogens is 4. The molecule has 0 heterocycles. The molecule has 0 fully saturated rings. The van der Waals surface area contributed by atoms with Crippen molar-refractivity contribution < 1.29 is 96.0 Å². The van der Waals surface area contributed by atoms with Gasteiger partial charge in [-0.25, -0.2) is 0 Å². The number of rotatable bonds is 0. The summed E-state index contributed by atoms with van der Waals surface area (Å²) in [6.45, 7) is 0. The minimum atomic E-state index is -5.94. The van der Waals surface area contributed by atoms with Gasteiger partial charge in [0.15, 0.2) is 0 Å². The molecule has 0 radical (unpaired) electrons. The van der Waals surface area contributed by atoms with Gasteiger partial charge in [-0.15, -0.1) is 0 Å². The number of hydrogen-bond acceptors (Lipinski definition) is 4. The van der Waals surface area contributed by atoms with Crippen LogP contribution in [-0.2, 0) is 19.5 Å². The van der Waals surface area contributed by atoms with E-state index in [0.29, 0.717) is 0 Å². The topological polar surface area (TPSA) is 124 Å². The Hall–Kier alpha value is 3.02. The first-order valence-corrected chi connectivity index (χ1v) is 4.14. The van der Waals surface area contributed by atoms with Gasteiger partial charge in [0, 0.05) is 0 Å². The van der Waals surface area contributed by atoms with Crippen molar-refractivity contribution in [3.8, 4) is 0 Å². The van der Waals surface area contributed by atoms with Crippen LogP contribution in [0, 0.1) is 0 Å². The first-order valence-electron chi connectivity index (χ1n) is 0.617. The fourth-order valence-corrected chi connectivity index (χ4v) is 0. The largest absolute Gasteiger partial charge is 4.00 e. The first kappa shape index (κ1) is 48.2. The maximum absolute atomic E-state index is 8.62. The summed E-state index contributed by atoms with van der Waals surface area (Å²) in [5.41, 5.74) is 0. The van der Waals surface area contributed by atoms with E-state index in [2.05, 4.69) is 0 Å². The molecule has 0 saturated heterocycles. The summed E-state index contributed by atoms with van der Waals surface area (Å²) in [6.07, 6.45) is 0. The van der Waals surface area contributed by atoms with Crippen molar-refractivity contribution in [2.24, 2.45) is 0 Å². The van der Waals surface area contributed by atoms with Crippen molar-refractivity contribution in [3.05, 3.63) is 0 Å². The van der Waals surface area contributed by atoms with Gasteiger partial charge in [-0.1, -0.05) is 0 Å². The predicted octanol–water partition coefficient (Wildman–Crippen LogP) is -18.2. The summed E-state index contributed by atoms with van der Waals surface area (Å²) < 4.78 is 34.5. The second kappa shape index (κ2) is 23.1. The minimum absolute atomic E-state index is 0. The van der Waals surface area contributed by atoms with Crippen LogP contribution in [0.2, 0.25) is 0 Å². The molecule has 0 aliphatic carbocycles. The summed E-state index contributed by atoms with van der Waals surface area (Å²) >= 11 is -5.94. The Bertz CT molecular complexity index is 37.2. The van der Waals surface area contributed by atoms with Crippen LogP contribution < -0.4 is 71.1 Å². The molecule has 0 aromatic carbocycles. The molecule has 0 saturated carbocycles.